The molecule has 0 spiro atoms. The minimum absolute atomic E-state index is 0.109. The van der Waals surface area contributed by atoms with Crippen LogP contribution >= 0.6 is 0 Å². The molecule has 0 bridgehead atoms. The number of hydrogen-bond donors (Lipinski definition) is 1. The fourth-order valence-corrected chi connectivity index (χ4v) is 8.39. The highest BCUT2D eigenvalue weighted by Crippen LogP contribution is 2.38. The van der Waals surface area contributed by atoms with Gasteiger partial charge in [-0.3, -0.25) is 4.79 Å². The van der Waals surface area contributed by atoms with Gasteiger partial charge in [0.25, 0.3) is 11.8 Å². The van der Waals surface area contributed by atoms with Gasteiger partial charge in [-0.1, -0.05) is 77.8 Å². The summed E-state index contributed by atoms with van der Waals surface area (Å²) in [4.78, 5) is 54.4. The predicted octanol–water partition coefficient (Wildman–Crippen LogP) is 10.4. The van der Waals surface area contributed by atoms with Gasteiger partial charge in [-0.05, 0) is 105 Å². The second-order valence-corrected chi connectivity index (χ2v) is 22.7. The van der Waals surface area contributed by atoms with Gasteiger partial charge in [0.15, 0.2) is 9.84 Å². The number of halogens is 1. The third-order valence-electron chi connectivity index (χ3n) is 9.90. The van der Waals surface area contributed by atoms with Gasteiger partial charge in [0.1, 0.15) is 34.4 Å². The van der Waals surface area contributed by atoms with Crippen molar-refractivity contribution in [2.24, 2.45) is 0 Å². The summed E-state index contributed by atoms with van der Waals surface area (Å²) in [6, 6.07) is 7.53. The van der Waals surface area contributed by atoms with E-state index in [-0.39, 0.29) is 36.1 Å². The van der Waals surface area contributed by atoms with E-state index in [1.807, 2.05) is 20.8 Å². The van der Waals surface area contributed by atoms with Crippen LogP contribution in [0.15, 0.2) is 45.7 Å². The van der Waals surface area contributed by atoms with Crippen LogP contribution in [0.25, 0.3) is 11.5 Å². The van der Waals surface area contributed by atoms with E-state index in [0.29, 0.717) is 24.3 Å². The molecule has 1 aliphatic heterocycles. The maximum absolute atomic E-state index is 15.8. The van der Waals surface area contributed by atoms with Crippen molar-refractivity contribution in [2.75, 3.05) is 23.8 Å². The van der Waals surface area contributed by atoms with Crippen molar-refractivity contribution in [3.8, 4) is 17.2 Å². The summed E-state index contributed by atoms with van der Waals surface area (Å²) in [7, 11) is -4.35. The Kier molecular flexibility index (Phi) is 17.8. The maximum Gasteiger partial charge on any atom is 0.419 e. The maximum atomic E-state index is 15.8. The molecule has 2 aromatic carbocycles. The Morgan fingerprint density at radius 3 is 1.82 bits per heavy atom. The quantitative estimate of drug-likeness (QED) is 0.0992. The zero-order valence-electron chi connectivity index (χ0n) is 40.8. The Morgan fingerprint density at radius 2 is 1.30 bits per heavy atom. The first-order valence-electron chi connectivity index (χ1n) is 22.7. The van der Waals surface area contributed by atoms with E-state index >= 15 is 4.39 Å². The number of unbranched alkanes of at least 4 members (excludes halogenated alkanes) is 8. The van der Waals surface area contributed by atoms with E-state index in [9.17, 15) is 27.6 Å². The standard InChI is InChI=1S/C48H70FN5O11S/c1-45(2,3)41-52-51-39(62-41)34-28-37-38(29-35(34)49)66(59,60)31-36(50-42(56)63-46(4,5)6)40(55)54(37)30-32-22-24-33(25-23-32)61-27-21-19-17-15-13-14-16-18-20-26-53(43(57)64-47(7,8)9)44(58)65-48(10,11)12/h22-25,28-29,36H,13-21,26-27,30-31H2,1-12H3,(H,50,56)/t36-/m0/s1. The molecule has 4 amide bonds. The first kappa shape index (κ1) is 53.4. The molecular formula is C48H70FN5O11S. The molecular weight excluding hydrogens is 874 g/mol. The Bertz CT molecular complexity index is 2230. The van der Waals surface area contributed by atoms with Crippen LogP contribution < -0.4 is 15.0 Å². The van der Waals surface area contributed by atoms with Gasteiger partial charge in [-0.15, -0.1) is 10.2 Å². The van der Waals surface area contributed by atoms with Crippen molar-refractivity contribution >= 4 is 39.7 Å². The number of nitrogens with zero attached hydrogens (tertiary/aromatic N) is 4. The molecule has 366 valence electrons. The molecule has 0 aliphatic carbocycles. The van der Waals surface area contributed by atoms with Crippen molar-refractivity contribution < 1.29 is 55.4 Å². The fraction of sp³-hybridized carbons (Fsp3) is 0.625. The first-order valence-corrected chi connectivity index (χ1v) is 24.3. The fourth-order valence-electron chi connectivity index (χ4n) is 6.77. The van der Waals surface area contributed by atoms with E-state index in [1.54, 1.807) is 86.6 Å². The second-order valence-electron chi connectivity index (χ2n) is 20.7. The summed E-state index contributed by atoms with van der Waals surface area (Å²) in [5, 5.41) is 10.5. The summed E-state index contributed by atoms with van der Waals surface area (Å²) < 4.78 is 71.4. The minimum atomic E-state index is -4.35. The van der Waals surface area contributed by atoms with E-state index in [2.05, 4.69) is 15.5 Å². The Morgan fingerprint density at radius 1 is 0.773 bits per heavy atom. The van der Waals surface area contributed by atoms with Crippen molar-refractivity contribution in [1.29, 1.82) is 0 Å². The van der Waals surface area contributed by atoms with Crippen molar-refractivity contribution in [1.82, 2.24) is 20.4 Å². The summed E-state index contributed by atoms with van der Waals surface area (Å²) in [5.41, 5.74) is -2.63. The molecule has 0 saturated carbocycles. The monoisotopic (exact) mass is 943 g/mol. The molecule has 1 N–H and O–H groups in total. The Balaban J connectivity index is 1.32. The summed E-state index contributed by atoms with van der Waals surface area (Å²) >= 11 is 0. The average molecular weight is 944 g/mol. The summed E-state index contributed by atoms with van der Waals surface area (Å²) in [6.45, 7) is 21.6. The van der Waals surface area contributed by atoms with Gasteiger partial charge in [-0.2, -0.15) is 0 Å². The lowest BCUT2D eigenvalue weighted by atomic mass is 9.97. The van der Waals surface area contributed by atoms with Crippen LogP contribution in [0.1, 0.15) is 152 Å². The minimum Gasteiger partial charge on any atom is -0.494 e. The lowest BCUT2D eigenvalue weighted by molar-refractivity contribution is -0.120. The molecule has 2 heterocycles. The number of carbonyl (C=O) groups excluding carboxylic acids is 4. The van der Waals surface area contributed by atoms with Crippen LogP contribution in [-0.2, 0) is 40.8 Å². The van der Waals surface area contributed by atoms with Gasteiger partial charge in [0.2, 0.25) is 5.89 Å². The van der Waals surface area contributed by atoms with Crippen LogP contribution in [0.3, 0.4) is 0 Å². The van der Waals surface area contributed by atoms with Crippen molar-refractivity contribution in [3.63, 3.8) is 0 Å². The first-order chi connectivity index (χ1) is 30.5. The van der Waals surface area contributed by atoms with Crippen LogP contribution in [0.4, 0.5) is 24.5 Å². The molecule has 0 radical (unpaired) electrons. The molecule has 1 aliphatic rings. The molecule has 1 aromatic heterocycles. The topological polar surface area (TPSA) is 197 Å². The van der Waals surface area contributed by atoms with Crippen LogP contribution in [0.5, 0.6) is 5.75 Å². The number of amides is 4. The summed E-state index contributed by atoms with van der Waals surface area (Å²) in [6.07, 6.45) is 6.19. The SMILES string of the molecule is CC(C)(C)OC(=O)N[C@H]1CS(=O)(=O)c2cc(F)c(-c3nnc(C(C)(C)C)o3)cc2N(Cc2ccc(OCCCCCCCCCCCN(C(=O)OC(C)(C)C)C(=O)OC(C)(C)C)cc2)C1=O. The third-order valence-corrected chi connectivity index (χ3v) is 11.7. The molecule has 0 fully saturated rings. The highest BCUT2D eigenvalue weighted by molar-refractivity contribution is 7.91. The van der Waals surface area contributed by atoms with E-state index in [4.69, 9.17) is 23.4 Å². The molecule has 18 heteroatoms. The lowest BCUT2D eigenvalue weighted by Gasteiger charge is -2.28. The summed E-state index contributed by atoms with van der Waals surface area (Å²) in [5.74, 6) is -1.85. The number of imide groups is 1. The number of sulfone groups is 1. The molecule has 4 rings (SSSR count). The molecule has 0 unspecified atom stereocenters. The number of fused-ring (bicyclic) bond motifs is 1. The van der Waals surface area contributed by atoms with Gasteiger partial charge in [-0.25, -0.2) is 32.1 Å². The van der Waals surface area contributed by atoms with Crippen molar-refractivity contribution in [3.05, 3.63) is 53.7 Å². The van der Waals surface area contributed by atoms with Crippen LogP contribution in [0, 0.1) is 5.82 Å². The molecule has 3 aromatic rings. The van der Waals surface area contributed by atoms with Gasteiger partial charge < -0.3 is 33.6 Å². The third kappa shape index (κ3) is 16.6. The molecule has 16 nitrogen and oxygen atoms in total. The molecule has 0 saturated heterocycles. The number of hydrogen-bond acceptors (Lipinski definition) is 13. The predicted molar refractivity (Wildman–Crippen MR) is 247 cm³/mol. The number of nitrogens with one attached hydrogen (secondary N) is 1. The van der Waals surface area contributed by atoms with Crippen LogP contribution in [0.2, 0.25) is 0 Å². The van der Waals surface area contributed by atoms with Gasteiger partial charge >= 0.3 is 18.3 Å². The average Bonchev–Trinajstić information content (AvgIpc) is 3.66. The number of benzene rings is 2. The van der Waals surface area contributed by atoms with Crippen molar-refractivity contribution in [2.45, 2.75) is 181 Å². The number of ether oxygens (including phenoxy) is 4. The number of carbonyl (C=O) groups is 4. The van der Waals surface area contributed by atoms with E-state index in [0.717, 1.165) is 62.3 Å². The number of anilines is 1. The number of alkyl carbamates (subject to hydrolysis) is 1. The van der Waals surface area contributed by atoms with E-state index < -0.39 is 78.7 Å². The highest BCUT2D eigenvalue weighted by Gasteiger charge is 2.41. The second kappa shape index (κ2) is 22.0. The normalized spacial score (nSPS) is 15.4. The Hall–Kier alpha value is -5.26. The van der Waals surface area contributed by atoms with Gasteiger partial charge in [0, 0.05) is 12.0 Å². The smallest absolute Gasteiger partial charge is 0.419 e. The zero-order valence-corrected chi connectivity index (χ0v) is 41.6. The zero-order chi connectivity index (χ0) is 49.3. The van der Waals surface area contributed by atoms with E-state index in [1.165, 1.54) is 11.0 Å². The number of rotatable bonds is 17. The molecule has 66 heavy (non-hydrogen) atoms. The molecule has 1 atom stereocenters. The largest absolute Gasteiger partial charge is 0.494 e. The van der Waals surface area contributed by atoms with Crippen LogP contribution in [-0.4, -0.2) is 89.5 Å². The lowest BCUT2D eigenvalue weighted by Crippen LogP contribution is -2.51. The number of aromatic nitrogens is 2. The highest BCUT2D eigenvalue weighted by atomic mass is 32.2. The van der Waals surface area contributed by atoms with Gasteiger partial charge in [0.05, 0.1) is 35.1 Å². The Labute approximate surface area is 389 Å².